The maximum Gasteiger partial charge on any atom is 0.269 e. The second-order valence-corrected chi connectivity index (χ2v) is 4.27. The summed E-state index contributed by atoms with van der Waals surface area (Å²) in [5, 5.41) is 13.7. The first kappa shape index (κ1) is 12.3. The van der Waals surface area contributed by atoms with E-state index in [0.29, 0.717) is 13.0 Å². The highest BCUT2D eigenvalue weighted by Gasteiger charge is 2.22. The minimum Gasteiger partial charge on any atom is -0.388 e. The zero-order chi connectivity index (χ0) is 13.1. The topological polar surface area (TPSA) is 75.5 Å². The second kappa shape index (κ2) is 5.03. The van der Waals surface area contributed by atoms with E-state index in [9.17, 15) is 14.9 Å². The smallest absolute Gasteiger partial charge is 0.269 e. The lowest BCUT2D eigenvalue weighted by atomic mass is 10.1. The number of nitro groups is 1. The van der Waals surface area contributed by atoms with Crippen LogP contribution in [0.15, 0.2) is 18.2 Å². The van der Waals surface area contributed by atoms with Crippen molar-refractivity contribution in [1.82, 2.24) is 4.90 Å². The molecule has 18 heavy (non-hydrogen) atoms. The Morgan fingerprint density at radius 3 is 2.83 bits per heavy atom. The monoisotopic (exact) mass is 249 g/mol. The number of carbonyl (C=O) groups excluding carboxylic acids is 1. The van der Waals surface area contributed by atoms with Gasteiger partial charge in [-0.2, -0.15) is 0 Å². The summed E-state index contributed by atoms with van der Waals surface area (Å²) in [5.74, 6) is 0.114. The van der Waals surface area contributed by atoms with E-state index < -0.39 is 4.92 Å². The molecule has 2 rings (SSSR count). The Morgan fingerprint density at radius 1 is 1.50 bits per heavy atom. The third-order valence-corrected chi connectivity index (χ3v) is 3.10. The van der Waals surface area contributed by atoms with Crippen molar-refractivity contribution in [2.24, 2.45) is 0 Å². The molecule has 1 fully saturated rings. The van der Waals surface area contributed by atoms with Gasteiger partial charge in [0.2, 0.25) is 5.91 Å². The SMILES string of the molecule is CNc1ccc([N+](=O)[O-])cc1CN1CCCC1=O. The molecule has 96 valence electrons. The van der Waals surface area contributed by atoms with Gasteiger partial charge in [0.25, 0.3) is 5.69 Å². The molecule has 0 bridgehead atoms. The number of nitrogens with zero attached hydrogens (tertiary/aromatic N) is 2. The van der Waals surface area contributed by atoms with Crippen LogP contribution in [0.3, 0.4) is 0 Å². The summed E-state index contributed by atoms with van der Waals surface area (Å²) in [5.41, 5.74) is 1.65. The minimum atomic E-state index is -0.422. The summed E-state index contributed by atoms with van der Waals surface area (Å²) in [4.78, 5) is 23.6. The van der Waals surface area contributed by atoms with Crippen molar-refractivity contribution < 1.29 is 9.72 Å². The highest BCUT2D eigenvalue weighted by Crippen LogP contribution is 2.24. The predicted molar refractivity (Wildman–Crippen MR) is 67.3 cm³/mol. The van der Waals surface area contributed by atoms with E-state index in [1.165, 1.54) is 12.1 Å². The van der Waals surface area contributed by atoms with Gasteiger partial charge in [0, 0.05) is 49.9 Å². The molecule has 0 aliphatic carbocycles. The fourth-order valence-electron chi connectivity index (χ4n) is 2.15. The molecule has 0 unspecified atom stereocenters. The average molecular weight is 249 g/mol. The largest absolute Gasteiger partial charge is 0.388 e. The van der Waals surface area contributed by atoms with Crippen LogP contribution in [-0.2, 0) is 11.3 Å². The van der Waals surface area contributed by atoms with Crippen molar-refractivity contribution in [3.63, 3.8) is 0 Å². The molecule has 1 amide bonds. The summed E-state index contributed by atoms with van der Waals surface area (Å²) in [6, 6.07) is 4.66. The number of nitro benzene ring substituents is 1. The average Bonchev–Trinajstić information content (AvgIpc) is 2.75. The third-order valence-electron chi connectivity index (χ3n) is 3.10. The van der Waals surface area contributed by atoms with Crippen molar-refractivity contribution in [2.75, 3.05) is 18.9 Å². The van der Waals surface area contributed by atoms with E-state index in [4.69, 9.17) is 0 Å². The molecule has 1 N–H and O–H groups in total. The van der Waals surface area contributed by atoms with Crippen LogP contribution in [0.25, 0.3) is 0 Å². The molecule has 1 saturated heterocycles. The molecule has 6 heteroatoms. The van der Waals surface area contributed by atoms with E-state index in [1.54, 1.807) is 18.0 Å². The third kappa shape index (κ3) is 2.42. The number of hydrogen-bond acceptors (Lipinski definition) is 4. The summed E-state index contributed by atoms with van der Waals surface area (Å²) in [7, 11) is 1.76. The second-order valence-electron chi connectivity index (χ2n) is 4.27. The maximum absolute atomic E-state index is 11.6. The lowest BCUT2D eigenvalue weighted by Crippen LogP contribution is -2.24. The zero-order valence-corrected chi connectivity index (χ0v) is 10.2. The number of non-ortho nitro benzene ring substituents is 1. The molecule has 0 atom stereocenters. The number of benzene rings is 1. The van der Waals surface area contributed by atoms with Crippen LogP contribution in [0.4, 0.5) is 11.4 Å². The highest BCUT2D eigenvalue weighted by molar-refractivity contribution is 5.78. The van der Waals surface area contributed by atoms with E-state index in [2.05, 4.69) is 5.32 Å². The van der Waals surface area contributed by atoms with Crippen LogP contribution < -0.4 is 5.32 Å². The molecule has 1 aromatic carbocycles. The molecular weight excluding hydrogens is 234 g/mol. The number of amides is 1. The van der Waals surface area contributed by atoms with Gasteiger partial charge in [-0.25, -0.2) is 0 Å². The van der Waals surface area contributed by atoms with E-state index in [-0.39, 0.29) is 11.6 Å². The fraction of sp³-hybridized carbons (Fsp3) is 0.417. The predicted octanol–water partition coefficient (Wildman–Crippen LogP) is 1.76. The number of likely N-dealkylation sites (tertiary alicyclic amines) is 1. The van der Waals surface area contributed by atoms with Crippen molar-refractivity contribution in [1.29, 1.82) is 0 Å². The summed E-state index contributed by atoms with van der Waals surface area (Å²) in [6.07, 6.45) is 1.44. The minimum absolute atomic E-state index is 0.0515. The zero-order valence-electron chi connectivity index (χ0n) is 10.2. The van der Waals surface area contributed by atoms with Crippen molar-refractivity contribution in [3.05, 3.63) is 33.9 Å². The van der Waals surface area contributed by atoms with Crippen LogP contribution in [0.1, 0.15) is 18.4 Å². The summed E-state index contributed by atoms with van der Waals surface area (Å²) >= 11 is 0. The lowest BCUT2D eigenvalue weighted by molar-refractivity contribution is -0.384. The molecule has 0 spiro atoms. The lowest BCUT2D eigenvalue weighted by Gasteiger charge is -2.17. The van der Waals surface area contributed by atoms with Gasteiger partial charge >= 0.3 is 0 Å². The van der Waals surface area contributed by atoms with Gasteiger partial charge in [-0.1, -0.05) is 0 Å². The summed E-state index contributed by atoms with van der Waals surface area (Å²) in [6.45, 7) is 1.15. The Kier molecular flexibility index (Phi) is 3.45. The van der Waals surface area contributed by atoms with E-state index in [0.717, 1.165) is 24.2 Å². The number of hydrogen-bond donors (Lipinski definition) is 1. The van der Waals surface area contributed by atoms with Gasteiger partial charge in [-0.05, 0) is 12.5 Å². The standard InChI is InChI=1S/C12H15N3O3/c1-13-11-5-4-10(15(17)18)7-9(11)8-14-6-2-3-12(14)16/h4-5,7,13H,2-3,6,8H2,1H3. The number of rotatable bonds is 4. The maximum atomic E-state index is 11.6. The molecule has 1 heterocycles. The fourth-order valence-corrected chi connectivity index (χ4v) is 2.15. The normalized spacial score (nSPS) is 14.9. The van der Waals surface area contributed by atoms with Gasteiger partial charge in [0.1, 0.15) is 0 Å². The Bertz CT molecular complexity index is 487. The Balaban J connectivity index is 2.26. The molecule has 1 aliphatic rings. The quantitative estimate of drug-likeness (QED) is 0.651. The summed E-state index contributed by atoms with van der Waals surface area (Å²) < 4.78 is 0. The van der Waals surface area contributed by atoms with Gasteiger partial charge in [0.15, 0.2) is 0 Å². The molecule has 0 radical (unpaired) electrons. The van der Waals surface area contributed by atoms with Gasteiger partial charge in [-0.15, -0.1) is 0 Å². The van der Waals surface area contributed by atoms with Crippen LogP contribution >= 0.6 is 0 Å². The Labute approximate surface area is 105 Å². The van der Waals surface area contributed by atoms with Crippen LogP contribution in [-0.4, -0.2) is 29.3 Å². The molecule has 1 aromatic rings. The van der Waals surface area contributed by atoms with Crippen molar-refractivity contribution in [2.45, 2.75) is 19.4 Å². The first-order valence-corrected chi connectivity index (χ1v) is 5.84. The van der Waals surface area contributed by atoms with Gasteiger partial charge in [0.05, 0.1) is 4.92 Å². The number of nitrogens with one attached hydrogen (secondary N) is 1. The Morgan fingerprint density at radius 2 is 2.28 bits per heavy atom. The number of carbonyl (C=O) groups is 1. The van der Waals surface area contributed by atoms with E-state index >= 15 is 0 Å². The van der Waals surface area contributed by atoms with Gasteiger partial charge < -0.3 is 10.2 Å². The number of anilines is 1. The van der Waals surface area contributed by atoms with E-state index in [1.807, 2.05) is 0 Å². The molecule has 1 aliphatic heterocycles. The molecule has 0 aromatic heterocycles. The Hall–Kier alpha value is -2.11. The van der Waals surface area contributed by atoms with Crippen molar-refractivity contribution >= 4 is 17.3 Å². The molecular formula is C12H15N3O3. The van der Waals surface area contributed by atoms with Crippen LogP contribution in [0, 0.1) is 10.1 Å². The van der Waals surface area contributed by atoms with Crippen molar-refractivity contribution in [3.8, 4) is 0 Å². The van der Waals surface area contributed by atoms with Gasteiger partial charge in [-0.3, -0.25) is 14.9 Å². The first-order chi connectivity index (χ1) is 8.61. The van der Waals surface area contributed by atoms with Crippen LogP contribution in [0.2, 0.25) is 0 Å². The molecule has 0 saturated carbocycles. The van der Waals surface area contributed by atoms with Crippen LogP contribution in [0.5, 0.6) is 0 Å². The molecule has 6 nitrogen and oxygen atoms in total. The first-order valence-electron chi connectivity index (χ1n) is 5.84. The highest BCUT2D eigenvalue weighted by atomic mass is 16.6.